The van der Waals surface area contributed by atoms with Crippen LogP contribution in [0, 0.1) is 0 Å². The summed E-state index contributed by atoms with van der Waals surface area (Å²) in [6.45, 7) is 10.7. The molecule has 4 heterocycles. The van der Waals surface area contributed by atoms with Crippen molar-refractivity contribution in [3.63, 3.8) is 0 Å². The molecule has 4 aliphatic rings. The number of para-hydroxylation sites is 1. The summed E-state index contributed by atoms with van der Waals surface area (Å²) in [6, 6.07) is 19.7. The first-order valence-electron chi connectivity index (χ1n) is 23.7. The number of halogens is 1. The molecule has 2 saturated carbocycles. The van der Waals surface area contributed by atoms with Crippen LogP contribution in [0.3, 0.4) is 0 Å². The Kier molecular flexibility index (Phi) is 17.5. The second kappa shape index (κ2) is 23.8. The van der Waals surface area contributed by atoms with Crippen LogP contribution < -0.4 is 31.5 Å². The Morgan fingerprint density at radius 2 is 1.02 bits per heavy atom. The molecule has 2 aromatic carbocycles. The normalized spacial score (nSPS) is 20.4. The van der Waals surface area contributed by atoms with Gasteiger partial charge < -0.3 is 31.5 Å². The van der Waals surface area contributed by atoms with E-state index in [-0.39, 0.29) is 0 Å². The van der Waals surface area contributed by atoms with Gasteiger partial charge in [0.05, 0.1) is 0 Å². The SMILES string of the molecule is CCN1CCCC1CNc1nc(NC2CCCCCC2)nc(N(C)c2ccc(Cl)cc2)n1.CCN1CCCC1CNc1nc(Nc2ccccc2)nc(NC2CCCCCC2)n1. The number of nitrogens with one attached hydrogen (secondary N) is 5. The number of nitrogens with zero attached hydrogens (tertiary/aromatic N) is 9. The number of aromatic nitrogens is 6. The third kappa shape index (κ3) is 13.7. The smallest absolute Gasteiger partial charge is 0.236 e. The van der Waals surface area contributed by atoms with Crippen molar-refractivity contribution in [3.05, 3.63) is 59.6 Å². The molecule has 0 spiro atoms. The molecule has 62 heavy (non-hydrogen) atoms. The highest BCUT2D eigenvalue weighted by atomic mass is 35.5. The molecule has 4 aromatic rings. The summed E-state index contributed by atoms with van der Waals surface area (Å²) in [4.78, 5) is 35.3. The second-order valence-corrected chi connectivity index (χ2v) is 17.8. The van der Waals surface area contributed by atoms with E-state index in [2.05, 4.69) is 60.2 Å². The van der Waals surface area contributed by atoms with Crippen molar-refractivity contribution in [2.45, 2.75) is 141 Å². The fourth-order valence-electron chi connectivity index (χ4n) is 9.38. The number of anilines is 8. The van der Waals surface area contributed by atoms with Crippen LogP contribution in [0.25, 0.3) is 0 Å². The zero-order chi connectivity index (χ0) is 42.9. The molecule has 5 N–H and O–H groups in total. The minimum absolute atomic E-state index is 0.423. The summed E-state index contributed by atoms with van der Waals surface area (Å²) in [5.74, 6) is 3.80. The Morgan fingerprint density at radius 1 is 0.548 bits per heavy atom. The lowest BCUT2D eigenvalue weighted by Crippen LogP contribution is -2.35. The van der Waals surface area contributed by atoms with Crippen LogP contribution in [0.15, 0.2) is 54.6 Å². The molecular weight excluding hydrogens is 796 g/mol. The van der Waals surface area contributed by atoms with E-state index >= 15 is 0 Å². The van der Waals surface area contributed by atoms with Gasteiger partial charge in [-0.1, -0.05) is 95.0 Å². The fraction of sp³-hybridized carbons (Fsp3) is 0.617. The Hall–Kier alpha value is -4.53. The van der Waals surface area contributed by atoms with E-state index in [1.54, 1.807) is 0 Å². The first-order valence-corrected chi connectivity index (χ1v) is 24.1. The molecule has 2 atom stereocenters. The van der Waals surface area contributed by atoms with Crippen LogP contribution in [-0.2, 0) is 0 Å². The molecule has 0 radical (unpaired) electrons. The van der Waals surface area contributed by atoms with Gasteiger partial charge in [-0.25, -0.2) is 0 Å². The van der Waals surface area contributed by atoms with Crippen molar-refractivity contribution < 1.29 is 0 Å². The minimum Gasteiger partial charge on any atom is -0.352 e. The second-order valence-electron chi connectivity index (χ2n) is 17.4. The maximum atomic E-state index is 6.08. The average Bonchev–Trinajstić information content (AvgIpc) is 3.78. The lowest BCUT2D eigenvalue weighted by molar-refractivity contribution is 0.276. The highest BCUT2D eigenvalue weighted by Crippen LogP contribution is 2.27. The molecule has 0 bridgehead atoms. The number of hydrogen-bond donors (Lipinski definition) is 5. The van der Waals surface area contributed by atoms with Crippen molar-refractivity contribution in [1.29, 1.82) is 0 Å². The molecule has 2 saturated heterocycles. The quantitative estimate of drug-likeness (QED) is 0.0681. The molecule has 2 aliphatic heterocycles. The summed E-state index contributed by atoms with van der Waals surface area (Å²) >= 11 is 6.08. The molecule has 0 amide bonds. The number of likely N-dealkylation sites (N-methyl/N-ethyl adjacent to an activating group) is 2. The van der Waals surface area contributed by atoms with E-state index < -0.39 is 0 Å². The van der Waals surface area contributed by atoms with E-state index in [1.165, 1.54) is 116 Å². The highest BCUT2D eigenvalue weighted by molar-refractivity contribution is 6.30. The maximum Gasteiger partial charge on any atom is 0.236 e. The third-order valence-corrected chi connectivity index (χ3v) is 13.2. The van der Waals surface area contributed by atoms with Crippen LogP contribution in [0.1, 0.15) is 117 Å². The van der Waals surface area contributed by atoms with Crippen molar-refractivity contribution in [3.8, 4) is 0 Å². The molecule has 15 heteroatoms. The third-order valence-electron chi connectivity index (χ3n) is 13.0. The lowest BCUT2D eigenvalue weighted by Gasteiger charge is -2.24. The largest absolute Gasteiger partial charge is 0.352 e. The van der Waals surface area contributed by atoms with E-state index in [0.717, 1.165) is 37.6 Å². The monoisotopic (exact) mass is 867 g/mol. The predicted molar refractivity (Wildman–Crippen MR) is 257 cm³/mol. The van der Waals surface area contributed by atoms with Crippen molar-refractivity contribution in [2.24, 2.45) is 0 Å². The number of hydrogen-bond acceptors (Lipinski definition) is 14. The van der Waals surface area contributed by atoms with Crippen LogP contribution >= 0.6 is 11.6 Å². The standard InChI is InChI=1S/C24H36ClN7.C23H35N7/c1-3-32-16-8-11-21(32)17-26-22-28-23(27-19-9-6-4-5-7-10-19)30-24(29-22)31(2)20-14-12-18(25)13-15-20;1-2-30-16-10-15-20(30)17-24-21-27-22(25-18-11-6-3-4-7-12-18)29-23(28-21)26-19-13-8-5-9-14-19/h12-15,19,21H,3-11,16-17H2,1-2H3,(H2,26,27,28,29,30);5,8-9,13-14,18,20H,2-4,6-7,10-12,15-17H2,1H3,(H3,24,25,26,27,28,29). The molecule has 8 rings (SSSR count). The summed E-state index contributed by atoms with van der Waals surface area (Å²) in [5, 5.41) is 18.2. The lowest BCUT2D eigenvalue weighted by atomic mass is 10.1. The Bertz CT molecular complexity index is 1900. The minimum atomic E-state index is 0.423. The zero-order valence-corrected chi connectivity index (χ0v) is 38.2. The summed E-state index contributed by atoms with van der Waals surface area (Å²) in [6.07, 6.45) is 20.1. The van der Waals surface area contributed by atoms with Gasteiger partial charge in [0.25, 0.3) is 0 Å². The van der Waals surface area contributed by atoms with Gasteiger partial charge in [0.1, 0.15) is 0 Å². The summed E-state index contributed by atoms with van der Waals surface area (Å²) in [5.41, 5.74) is 1.96. The van der Waals surface area contributed by atoms with Gasteiger partial charge in [-0.15, -0.1) is 0 Å². The van der Waals surface area contributed by atoms with Gasteiger partial charge in [-0.2, -0.15) is 29.9 Å². The first-order chi connectivity index (χ1) is 30.4. The van der Waals surface area contributed by atoms with Crippen LogP contribution in [0.5, 0.6) is 0 Å². The van der Waals surface area contributed by atoms with Gasteiger partial charge in [-0.05, 0) is 114 Å². The zero-order valence-electron chi connectivity index (χ0n) is 37.5. The number of likely N-dealkylation sites (tertiary alicyclic amines) is 2. The molecule has 2 aliphatic carbocycles. The van der Waals surface area contributed by atoms with Crippen LogP contribution in [-0.4, -0.2) is 110 Å². The molecule has 4 fully saturated rings. The van der Waals surface area contributed by atoms with E-state index in [1.807, 2.05) is 66.5 Å². The van der Waals surface area contributed by atoms with E-state index in [4.69, 9.17) is 31.5 Å². The van der Waals surface area contributed by atoms with E-state index in [0.29, 0.717) is 64.9 Å². The van der Waals surface area contributed by atoms with Gasteiger partial charge >= 0.3 is 0 Å². The first kappa shape index (κ1) is 45.5. The summed E-state index contributed by atoms with van der Waals surface area (Å²) in [7, 11) is 1.98. The van der Waals surface area contributed by atoms with Gasteiger partial charge in [-0.3, -0.25) is 9.80 Å². The van der Waals surface area contributed by atoms with Crippen molar-refractivity contribution in [2.75, 3.05) is 77.8 Å². The predicted octanol–water partition coefficient (Wildman–Crippen LogP) is 9.97. The van der Waals surface area contributed by atoms with Crippen molar-refractivity contribution in [1.82, 2.24) is 39.7 Å². The van der Waals surface area contributed by atoms with Gasteiger partial charge in [0, 0.05) is 60.7 Å². The van der Waals surface area contributed by atoms with Crippen molar-refractivity contribution >= 4 is 58.7 Å². The Labute approximate surface area is 375 Å². The molecule has 336 valence electrons. The van der Waals surface area contributed by atoms with Crippen LogP contribution in [0.2, 0.25) is 5.02 Å². The van der Waals surface area contributed by atoms with Crippen LogP contribution in [0.4, 0.5) is 47.1 Å². The van der Waals surface area contributed by atoms with Gasteiger partial charge in [0.15, 0.2) is 0 Å². The topological polar surface area (TPSA) is 147 Å². The average molecular weight is 868 g/mol. The molecule has 14 nitrogen and oxygen atoms in total. The fourth-order valence-corrected chi connectivity index (χ4v) is 9.51. The number of benzene rings is 2. The Morgan fingerprint density at radius 3 is 1.55 bits per heavy atom. The maximum absolute atomic E-state index is 6.08. The van der Waals surface area contributed by atoms with E-state index in [9.17, 15) is 0 Å². The molecule has 2 unspecified atom stereocenters. The highest BCUT2D eigenvalue weighted by Gasteiger charge is 2.25. The Balaban J connectivity index is 0.000000187. The molecule has 2 aromatic heterocycles. The number of rotatable bonds is 16. The molecular formula is C47H71ClN14. The summed E-state index contributed by atoms with van der Waals surface area (Å²) < 4.78 is 0. The van der Waals surface area contributed by atoms with Gasteiger partial charge in [0.2, 0.25) is 35.7 Å².